The Morgan fingerprint density at radius 3 is 2.26 bits per heavy atom. The summed E-state index contributed by atoms with van der Waals surface area (Å²) in [7, 11) is 0. The highest BCUT2D eigenvalue weighted by atomic mass is 16.5. The van der Waals surface area contributed by atoms with Gasteiger partial charge >= 0.3 is 0 Å². The van der Waals surface area contributed by atoms with Crippen LogP contribution in [0.4, 0.5) is 0 Å². The quantitative estimate of drug-likeness (QED) is 0.583. The molecular weight excluding hydrogens is 426 g/mol. The first kappa shape index (κ1) is 24.3. The molecule has 1 unspecified atom stereocenters. The van der Waals surface area contributed by atoms with Gasteiger partial charge in [0.2, 0.25) is 11.8 Å². The number of rotatable bonds is 9. The van der Waals surface area contributed by atoms with Crippen LogP contribution in [0.15, 0.2) is 54.6 Å². The summed E-state index contributed by atoms with van der Waals surface area (Å²) in [6.45, 7) is 7.27. The minimum absolute atomic E-state index is 0.0451. The van der Waals surface area contributed by atoms with Gasteiger partial charge in [-0.3, -0.25) is 14.5 Å². The average Bonchev–Trinajstić information content (AvgIpc) is 2.86. The maximum Gasteiger partial charge on any atom is 0.246 e. The van der Waals surface area contributed by atoms with Gasteiger partial charge in [0.1, 0.15) is 23.1 Å². The van der Waals surface area contributed by atoms with Crippen LogP contribution in [0.1, 0.15) is 57.9 Å². The lowest BCUT2D eigenvalue weighted by molar-refractivity contribution is -0.161. The molecule has 34 heavy (non-hydrogen) atoms. The van der Waals surface area contributed by atoms with E-state index in [1.807, 2.05) is 47.4 Å². The van der Waals surface area contributed by atoms with Crippen LogP contribution in [-0.2, 0) is 16.1 Å². The predicted octanol–water partition coefficient (Wildman–Crippen LogP) is 4.74. The third-order valence-electron chi connectivity index (χ3n) is 7.11. The number of hydrogen-bond donors (Lipinski definition) is 1. The molecule has 2 heterocycles. The number of carbonyl (C=O) groups excluding carboxylic acids is 2. The summed E-state index contributed by atoms with van der Waals surface area (Å²) in [5, 5.41) is 3.06. The molecule has 4 rings (SSSR count). The minimum Gasteiger partial charge on any atom is -0.457 e. The van der Waals surface area contributed by atoms with Crippen molar-refractivity contribution >= 4 is 11.8 Å². The van der Waals surface area contributed by atoms with E-state index in [1.165, 1.54) is 5.56 Å². The number of nitrogens with one attached hydrogen (secondary N) is 1. The summed E-state index contributed by atoms with van der Waals surface area (Å²) < 4.78 is 5.89. The Morgan fingerprint density at radius 1 is 0.941 bits per heavy atom. The molecular formula is C28H37N3O3. The molecule has 1 atom stereocenters. The molecule has 0 radical (unpaired) electrons. The molecule has 0 bridgehead atoms. The second kappa shape index (κ2) is 11.0. The monoisotopic (exact) mass is 463 g/mol. The van der Waals surface area contributed by atoms with Gasteiger partial charge in [-0.25, -0.2) is 0 Å². The number of likely N-dealkylation sites (tertiary alicyclic amines) is 1. The number of ether oxygens (including phenoxy) is 1. The van der Waals surface area contributed by atoms with Crippen LogP contribution in [0.3, 0.4) is 0 Å². The summed E-state index contributed by atoms with van der Waals surface area (Å²) in [6.07, 6.45) is 4.90. The molecule has 2 amide bonds. The third kappa shape index (κ3) is 5.27. The topological polar surface area (TPSA) is 61.9 Å². The van der Waals surface area contributed by atoms with E-state index in [1.54, 1.807) is 0 Å². The first-order chi connectivity index (χ1) is 16.6. The van der Waals surface area contributed by atoms with Gasteiger partial charge < -0.3 is 15.0 Å². The summed E-state index contributed by atoms with van der Waals surface area (Å²) in [5.41, 5.74) is 0.520. The van der Waals surface area contributed by atoms with Crippen LogP contribution < -0.4 is 10.1 Å². The molecule has 2 aliphatic heterocycles. The Morgan fingerprint density at radius 2 is 1.62 bits per heavy atom. The number of nitrogens with zero attached hydrogens (tertiary/aromatic N) is 2. The Kier molecular flexibility index (Phi) is 7.88. The van der Waals surface area contributed by atoms with Crippen molar-refractivity contribution in [2.45, 2.75) is 70.5 Å². The van der Waals surface area contributed by atoms with Crippen molar-refractivity contribution in [2.75, 3.05) is 19.6 Å². The summed E-state index contributed by atoms with van der Waals surface area (Å²) in [6, 6.07) is 17.6. The Labute approximate surface area is 203 Å². The molecule has 6 heteroatoms. The second-order valence-electron chi connectivity index (χ2n) is 9.52. The van der Waals surface area contributed by atoms with Gasteiger partial charge in [0.25, 0.3) is 0 Å². The van der Waals surface area contributed by atoms with E-state index in [2.05, 4.69) is 36.2 Å². The SMILES string of the molecule is CCCCN1C(=O)C(CCC)NC(=O)C12CCN(Cc1ccc(Oc3ccccc3)cc1)CC2. The van der Waals surface area contributed by atoms with E-state index in [9.17, 15) is 9.59 Å². The second-order valence-corrected chi connectivity index (χ2v) is 9.52. The third-order valence-corrected chi connectivity index (χ3v) is 7.11. The lowest BCUT2D eigenvalue weighted by Gasteiger charge is -2.51. The number of unbranched alkanes of at least 4 members (excludes halogenated alkanes) is 1. The van der Waals surface area contributed by atoms with Crippen molar-refractivity contribution in [1.29, 1.82) is 0 Å². The van der Waals surface area contributed by atoms with Crippen LogP contribution in [-0.4, -0.2) is 52.8 Å². The lowest BCUT2D eigenvalue weighted by Crippen LogP contribution is -2.72. The fourth-order valence-corrected chi connectivity index (χ4v) is 5.12. The van der Waals surface area contributed by atoms with Crippen molar-refractivity contribution in [3.63, 3.8) is 0 Å². The molecule has 0 saturated carbocycles. The summed E-state index contributed by atoms with van der Waals surface area (Å²) in [5.74, 6) is 1.80. The number of para-hydroxylation sites is 1. The van der Waals surface area contributed by atoms with E-state index in [0.29, 0.717) is 25.8 Å². The van der Waals surface area contributed by atoms with E-state index in [-0.39, 0.29) is 17.9 Å². The normalized spacial score (nSPS) is 20.4. The van der Waals surface area contributed by atoms with Crippen LogP contribution in [0.2, 0.25) is 0 Å². The van der Waals surface area contributed by atoms with Gasteiger partial charge in [0, 0.05) is 26.2 Å². The minimum atomic E-state index is -0.694. The van der Waals surface area contributed by atoms with Gasteiger partial charge in [-0.2, -0.15) is 0 Å². The van der Waals surface area contributed by atoms with E-state index in [4.69, 9.17) is 4.74 Å². The van der Waals surface area contributed by atoms with Gasteiger partial charge in [-0.1, -0.05) is 57.0 Å². The van der Waals surface area contributed by atoms with Gasteiger partial charge in [-0.15, -0.1) is 0 Å². The Bertz CT molecular complexity index is 953. The number of amides is 2. The fourth-order valence-electron chi connectivity index (χ4n) is 5.12. The number of piperidine rings is 1. The fraction of sp³-hybridized carbons (Fsp3) is 0.500. The Balaban J connectivity index is 1.38. The van der Waals surface area contributed by atoms with Crippen molar-refractivity contribution in [1.82, 2.24) is 15.1 Å². The first-order valence-corrected chi connectivity index (χ1v) is 12.7. The molecule has 2 aromatic rings. The standard InChI is InChI=1S/C28H37N3O3/c1-3-5-18-31-26(32)25(9-4-2)29-27(33)28(31)16-19-30(20-17-28)21-22-12-14-24(15-13-22)34-23-10-7-6-8-11-23/h6-8,10-15,25H,3-5,9,16-21H2,1-2H3,(H,29,33). The smallest absolute Gasteiger partial charge is 0.246 e. The molecule has 6 nitrogen and oxygen atoms in total. The van der Waals surface area contributed by atoms with Crippen molar-refractivity contribution < 1.29 is 14.3 Å². The van der Waals surface area contributed by atoms with E-state index < -0.39 is 5.54 Å². The highest BCUT2D eigenvalue weighted by molar-refractivity contribution is 6.00. The van der Waals surface area contributed by atoms with E-state index in [0.717, 1.165) is 50.4 Å². The molecule has 2 aliphatic rings. The zero-order chi connectivity index (χ0) is 24.0. The van der Waals surface area contributed by atoms with Crippen LogP contribution in [0, 0.1) is 0 Å². The molecule has 1 spiro atoms. The van der Waals surface area contributed by atoms with Crippen molar-refractivity contribution in [3.05, 3.63) is 60.2 Å². The van der Waals surface area contributed by atoms with Crippen LogP contribution in [0.25, 0.3) is 0 Å². The van der Waals surface area contributed by atoms with Crippen LogP contribution in [0.5, 0.6) is 11.5 Å². The zero-order valence-electron chi connectivity index (χ0n) is 20.5. The molecule has 2 fully saturated rings. The first-order valence-electron chi connectivity index (χ1n) is 12.7. The molecule has 2 aromatic carbocycles. The maximum absolute atomic E-state index is 13.3. The predicted molar refractivity (Wildman–Crippen MR) is 134 cm³/mol. The summed E-state index contributed by atoms with van der Waals surface area (Å²) >= 11 is 0. The van der Waals surface area contributed by atoms with E-state index >= 15 is 0 Å². The molecule has 1 N–H and O–H groups in total. The van der Waals surface area contributed by atoms with Crippen molar-refractivity contribution in [2.24, 2.45) is 0 Å². The zero-order valence-corrected chi connectivity index (χ0v) is 20.5. The highest BCUT2D eigenvalue weighted by Crippen LogP contribution is 2.34. The molecule has 182 valence electrons. The van der Waals surface area contributed by atoms with Gasteiger partial charge in [0.05, 0.1) is 0 Å². The maximum atomic E-state index is 13.3. The van der Waals surface area contributed by atoms with Crippen molar-refractivity contribution in [3.8, 4) is 11.5 Å². The summed E-state index contributed by atoms with van der Waals surface area (Å²) in [4.78, 5) is 30.9. The van der Waals surface area contributed by atoms with Gasteiger partial charge in [0.15, 0.2) is 0 Å². The molecule has 0 aliphatic carbocycles. The number of piperazine rings is 1. The Hall–Kier alpha value is -2.86. The highest BCUT2D eigenvalue weighted by Gasteiger charge is 2.53. The average molecular weight is 464 g/mol. The molecule has 0 aromatic heterocycles. The number of benzene rings is 2. The largest absolute Gasteiger partial charge is 0.457 e. The number of hydrogen-bond acceptors (Lipinski definition) is 4. The van der Waals surface area contributed by atoms with Gasteiger partial charge in [-0.05, 0) is 55.5 Å². The molecule has 2 saturated heterocycles. The lowest BCUT2D eigenvalue weighted by atomic mass is 9.81. The van der Waals surface area contributed by atoms with Crippen LogP contribution >= 0.6 is 0 Å². The number of carbonyl (C=O) groups is 2.